The van der Waals surface area contributed by atoms with Crippen LogP contribution in [-0.4, -0.2) is 17.5 Å². The standard InChI is InChI=1S/C15H19ClO4/c1-9(2)12(17)19-15-6-10-3-11(7-15)5-14(4-10,8-15)13(18)20-16/h10-11H,1,3-8H2,2H3. The number of rotatable bonds is 3. The topological polar surface area (TPSA) is 52.6 Å². The van der Waals surface area contributed by atoms with Gasteiger partial charge in [-0.2, -0.15) is 0 Å². The molecule has 0 spiro atoms. The predicted molar refractivity (Wildman–Crippen MR) is 72.7 cm³/mol. The second-order valence-corrected chi connectivity index (χ2v) is 7.11. The Balaban J connectivity index is 1.89. The minimum atomic E-state index is -0.554. The zero-order chi connectivity index (χ0) is 14.5. The van der Waals surface area contributed by atoms with Crippen molar-refractivity contribution in [3.05, 3.63) is 12.2 Å². The molecule has 0 N–H and O–H groups in total. The van der Waals surface area contributed by atoms with Crippen LogP contribution in [0.1, 0.15) is 45.4 Å². The Kier molecular flexibility index (Phi) is 3.12. The van der Waals surface area contributed by atoms with Gasteiger partial charge in [-0.25, -0.2) is 9.59 Å². The first-order chi connectivity index (χ1) is 9.38. The molecule has 4 rings (SSSR count). The van der Waals surface area contributed by atoms with Gasteiger partial charge in [-0.1, -0.05) is 6.58 Å². The molecule has 4 aliphatic carbocycles. The van der Waals surface area contributed by atoms with E-state index in [1.807, 2.05) is 0 Å². The van der Waals surface area contributed by atoms with Crippen molar-refractivity contribution >= 4 is 23.8 Å². The molecule has 0 aliphatic heterocycles. The highest BCUT2D eigenvalue weighted by Gasteiger charge is 2.63. The lowest BCUT2D eigenvalue weighted by Gasteiger charge is -2.59. The molecule has 20 heavy (non-hydrogen) atoms. The van der Waals surface area contributed by atoms with Crippen LogP contribution in [0, 0.1) is 17.3 Å². The molecule has 0 aromatic heterocycles. The lowest BCUT2D eigenvalue weighted by Crippen LogP contribution is -2.59. The highest BCUT2D eigenvalue weighted by Crippen LogP contribution is 2.63. The Bertz CT molecular complexity index is 470. The van der Waals surface area contributed by atoms with Crippen LogP contribution in [0.4, 0.5) is 0 Å². The molecule has 4 nitrogen and oxygen atoms in total. The van der Waals surface area contributed by atoms with Crippen LogP contribution in [0.2, 0.25) is 0 Å². The Labute approximate surface area is 123 Å². The second kappa shape index (κ2) is 4.48. The fourth-order valence-corrected chi connectivity index (χ4v) is 5.07. The van der Waals surface area contributed by atoms with Gasteiger partial charge in [0.05, 0.1) is 5.41 Å². The molecule has 0 heterocycles. The molecule has 2 atom stereocenters. The van der Waals surface area contributed by atoms with Gasteiger partial charge in [0, 0.05) is 12.0 Å². The number of hydrogen-bond acceptors (Lipinski definition) is 4. The van der Waals surface area contributed by atoms with Gasteiger partial charge < -0.3 is 9.03 Å². The third-order valence-corrected chi connectivity index (χ3v) is 5.31. The summed E-state index contributed by atoms with van der Waals surface area (Å²) in [4.78, 5) is 24.0. The van der Waals surface area contributed by atoms with Gasteiger partial charge in [0.1, 0.15) is 17.5 Å². The zero-order valence-electron chi connectivity index (χ0n) is 11.6. The summed E-state index contributed by atoms with van der Waals surface area (Å²) in [5.74, 6) is 0.125. The summed E-state index contributed by atoms with van der Waals surface area (Å²) in [6, 6.07) is 0. The summed E-state index contributed by atoms with van der Waals surface area (Å²) in [7, 11) is 0. The van der Waals surface area contributed by atoms with Gasteiger partial charge >= 0.3 is 11.9 Å². The molecule has 0 aromatic rings. The van der Waals surface area contributed by atoms with E-state index in [1.165, 1.54) is 0 Å². The maximum atomic E-state index is 12.1. The van der Waals surface area contributed by atoms with E-state index in [2.05, 4.69) is 10.9 Å². The molecule has 0 aromatic carbocycles. The molecule has 110 valence electrons. The van der Waals surface area contributed by atoms with Crippen molar-refractivity contribution in [3.63, 3.8) is 0 Å². The van der Waals surface area contributed by atoms with E-state index in [1.54, 1.807) is 6.92 Å². The van der Waals surface area contributed by atoms with Crippen molar-refractivity contribution in [1.29, 1.82) is 0 Å². The van der Waals surface area contributed by atoms with Gasteiger partial charge in [-0.15, -0.1) is 0 Å². The number of carbonyl (C=O) groups is 2. The van der Waals surface area contributed by atoms with E-state index in [-0.39, 0.29) is 11.9 Å². The molecule has 5 heteroatoms. The van der Waals surface area contributed by atoms with Gasteiger partial charge in [0.2, 0.25) is 0 Å². The Morgan fingerprint density at radius 2 is 1.80 bits per heavy atom. The van der Waals surface area contributed by atoms with Crippen LogP contribution < -0.4 is 0 Å². The molecule has 4 saturated carbocycles. The molecule has 0 saturated heterocycles. The number of carbonyl (C=O) groups excluding carboxylic acids is 2. The van der Waals surface area contributed by atoms with Crippen LogP contribution in [0.25, 0.3) is 0 Å². The highest BCUT2D eigenvalue weighted by atomic mass is 35.5. The number of hydrogen-bond donors (Lipinski definition) is 0. The zero-order valence-corrected chi connectivity index (χ0v) is 12.4. The lowest BCUT2D eigenvalue weighted by molar-refractivity contribution is -0.206. The molecule has 2 unspecified atom stereocenters. The SMILES string of the molecule is C=C(C)C(=O)OC12CC3CC(C1)CC(C(=O)OCl)(C3)C2. The summed E-state index contributed by atoms with van der Waals surface area (Å²) in [6.07, 6.45) is 4.96. The smallest absolute Gasteiger partial charge is 0.333 e. The summed E-state index contributed by atoms with van der Waals surface area (Å²) in [5.41, 5.74) is -0.679. The second-order valence-electron chi connectivity index (χ2n) is 6.96. The van der Waals surface area contributed by atoms with Crippen molar-refractivity contribution in [3.8, 4) is 0 Å². The monoisotopic (exact) mass is 298 g/mol. The lowest BCUT2D eigenvalue weighted by atomic mass is 9.48. The number of ether oxygens (including phenoxy) is 1. The van der Waals surface area contributed by atoms with E-state index in [0.29, 0.717) is 23.8 Å². The van der Waals surface area contributed by atoms with E-state index >= 15 is 0 Å². The molecule has 4 fully saturated rings. The van der Waals surface area contributed by atoms with Crippen LogP contribution in [0.5, 0.6) is 0 Å². The average Bonchev–Trinajstić information content (AvgIpc) is 2.35. The Morgan fingerprint density at radius 1 is 1.20 bits per heavy atom. The number of halogens is 1. The molecular formula is C15H19ClO4. The van der Waals surface area contributed by atoms with Crippen LogP contribution >= 0.6 is 11.9 Å². The first-order valence-corrected chi connectivity index (χ1v) is 7.41. The molecular weight excluding hydrogens is 280 g/mol. The van der Waals surface area contributed by atoms with Crippen molar-refractivity contribution in [2.75, 3.05) is 0 Å². The molecule has 4 aliphatic rings. The summed E-state index contributed by atoms with van der Waals surface area (Å²) >= 11 is 5.32. The Morgan fingerprint density at radius 3 is 2.30 bits per heavy atom. The average molecular weight is 299 g/mol. The van der Waals surface area contributed by atoms with E-state index in [4.69, 9.17) is 16.6 Å². The fourth-order valence-electron chi connectivity index (χ4n) is 4.90. The highest BCUT2D eigenvalue weighted by molar-refractivity contribution is 6.13. The van der Waals surface area contributed by atoms with E-state index in [9.17, 15) is 9.59 Å². The summed E-state index contributed by atoms with van der Waals surface area (Å²) in [6.45, 7) is 5.28. The van der Waals surface area contributed by atoms with Crippen LogP contribution in [-0.2, 0) is 18.6 Å². The maximum absolute atomic E-state index is 12.1. The first kappa shape index (κ1) is 13.9. The predicted octanol–water partition coefficient (Wildman–Crippen LogP) is 3.14. The Hall–Kier alpha value is -1.03. The first-order valence-electron chi connectivity index (χ1n) is 7.10. The van der Waals surface area contributed by atoms with Gasteiger partial charge in [-0.05, 0) is 50.9 Å². The normalized spacial score (nSPS) is 41.3. The minimum Gasteiger partial charge on any atom is -0.456 e. The quantitative estimate of drug-likeness (QED) is 0.593. The third kappa shape index (κ3) is 2.05. The molecule has 0 radical (unpaired) electrons. The van der Waals surface area contributed by atoms with Crippen LogP contribution in [0.3, 0.4) is 0 Å². The van der Waals surface area contributed by atoms with Gasteiger partial charge in [0.15, 0.2) is 0 Å². The summed E-state index contributed by atoms with van der Waals surface area (Å²) in [5, 5.41) is 0. The maximum Gasteiger partial charge on any atom is 0.333 e. The largest absolute Gasteiger partial charge is 0.456 e. The van der Waals surface area contributed by atoms with E-state index < -0.39 is 11.0 Å². The molecule has 4 bridgehead atoms. The van der Waals surface area contributed by atoms with Gasteiger partial charge in [0.25, 0.3) is 0 Å². The van der Waals surface area contributed by atoms with E-state index in [0.717, 1.165) is 32.1 Å². The number of esters is 1. The van der Waals surface area contributed by atoms with Crippen molar-refractivity contribution < 1.29 is 18.6 Å². The third-order valence-electron chi connectivity index (χ3n) is 5.17. The van der Waals surface area contributed by atoms with Crippen LogP contribution in [0.15, 0.2) is 12.2 Å². The van der Waals surface area contributed by atoms with Crippen molar-refractivity contribution in [1.82, 2.24) is 0 Å². The van der Waals surface area contributed by atoms with Crippen molar-refractivity contribution in [2.45, 2.75) is 51.0 Å². The summed E-state index contributed by atoms with van der Waals surface area (Å²) < 4.78 is 10.3. The minimum absolute atomic E-state index is 0.357. The fraction of sp³-hybridized carbons (Fsp3) is 0.733. The van der Waals surface area contributed by atoms with Crippen molar-refractivity contribution in [2.24, 2.45) is 17.3 Å². The molecule has 0 amide bonds. The van der Waals surface area contributed by atoms with Gasteiger partial charge in [-0.3, -0.25) is 0 Å².